The first-order valence-corrected chi connectivity index (χ1v) is 5.93. The molecule has 1 N–H and O–H groups in total. The summed E-state index contributed by atoms with van der Waals surface area (Å²) < 4.78 is 4.62. The van der Waals surface area contributed by atoms with Crippen molar-refractivity contribution in [2.45, 2.75) is 44.9 Å². The molecule has 0 fully saturated rings. The lowest BCUT2D eigenvalue weighted by Crippen LogP contribution is -2.04. The summed E-state index contributed by atoms with van der Waals surface area (Å²) in [5.41, 5.74) is 3.86. The SMILES string of the molecule is COC(=O)CCCc1n[nH]c2c1CCCC2. The fraction of sp³-hybridized carbons (Fsp3) is 0.667. The molecule has 1 heterocycles. The van der Waals surface area contributed by atoms with Gasteiger partial charge in [-0.25, -0.2) is 0 Å². The van der Waals surface area contributed by atoms with Crippen LogP contribution >= 0.6 is 0 Å². The van der Waals surface area contributed by atoms with Crippen LogP contribution < -0.4 is 0 Å². The number of ether oxygens (including phenoxy) is 1. The normalized spacial score (nSPS) is 14.6. The zero-order chi connectivity index (χ0) is 11.4. The minimum Gasteiger partial charge on any atom is -0.469 e. The van der Waals surface area contributed by atoms with Crippen LogP contribution in [0.15, 0.2) is 0 Å². The molecule has 16 heavy (non-hydrogen) atoms. The summed E-state index contributed by atoms with van der Waals surface area (Å²) in [6.45, 7) is 0. The Bertz CT molecular complexity index is 371. The molecule has 4 nitrogen and oxygen atoms in total. The monoisotopic (exact) mass is 222 g/mol. The van der Waals surface area contributed by atoms with Gasteiger partial charge in [0.1, 0.15) is 0 Å². The molecule has 0 spiro atoms. The van der Waals surface area contributed by atoms with Gasteiger partial charge >= 0.3 is 5.97 Å². The van der Waals surface area contributed by atoms with E-state index in [1.807, 2.05) is 0 Å². The Morgan fingerprint density at radius 2 is 2.25 bits per heavy atom. The average molecular weight is 222 g/mol. The fourth-order valence-electron chi connectivity index (χ4n) is 2.26. The molecule has 0 saturated heterocycles. The Balaban J connectivity index is 1.89. The van der Waals surface area contributed by atoms with Gasteiger partial charge in [0, 0.05) is 12.1 Å². The number of carbonyl (C=O) groups is 1. The maximum absolute atomic E-state index is 11.0. The summed E-state index contributed by atoms with van der Waals surface area (Å²) in [6.07, 6.45) is 6.97. The van der Waals surface area contributed by atoms with E-state index in [0.29, 0.717) is 6.42 Å². The number of H-pyrrole nitrogens is 1. The maximum atomic E-state index is 11.0. The Morgan fingerprint density at radius 1 is 1.44 bits per heavy atom. The fourth-order valence-corrected chi connectivity index (χ4v) is 2.26. The molecule has 1 aliphatic rings. The van der Waals surface area contributed by atoms with Gasteiger partial charge in [0.25, 0.3) is 0 Å². The molecular weight excluding hydrogens is 204 g/mol. The zero-order valence-corrected chi connectivity index (χ0v) is 9.71. The number of hydrogen-bond donors (Lipinski definition) is 1. The van der Waals surface area contributed by atoms with Crippen molar-refractivity contribution in [3.8, 4) is 0 Å². The van der Waals surface area contributed by atoms with Gasteiger partial charge < -0.3 is 4.74 Å². The first-order chi connectivity index (χ1) is 7.81. The van der Waals surface area contributed by atoms with Crippen LogP contribution in [0, 0.1) is 0 Å². The van der Waals surface area contributed by atoms with Crippen LogP contribution in [0.2, 0.25) is 0 Å². The standard InChI is InChI=1S/C12H18N2O2/c1-16-12(15)8-4-7-11-9-5-2-3-6-10(9)13-14-11/h2-8H2,1H3,(H,13,14). The number of fused-ring (bicyclic) bond motifs is 1. The number of nitrogens with one attached hydrogen (secondary N) is 1. The lowest BCUT2D eigenvalue weighted by Gasteiger charge is -2.10. The van der Waals surface area contributed by atoms with E-state index >= 15 is 0 Å². The molecule has 0 bridgehead atoms. The summed E-state index contributed by atoms with van der Waals surface area (Å²) >= 11 is 0. The molecule has 0 aliphatic heterocycles. The Morgan fingerprint density at radius 3 is 3.06 bits per heavy atom. The quantitative estimate of drug-likeness (QED) is 0.790. The van der Waals surface area contributed by atoms with Crippen molar-refractivity contribution in [1.29, 1.82) is 0 Å². The highest BCUT2D eigenvalue weighted by Crippen LogP contribution is 2.23. The third-order valence-corrected chi connectivity index (χ3v) is 3.16. The van der Waals surface area contributed by atoms with Crippen molar-refractivity contribution >= 4 is 5.97 Å². The molecule has 2 rings (SSSR count). The van der Waals surface area contributed by atoms with Crippen LogP contribution in [-0.2, 0) is 28.8 Å². The highest BCUT2D eigenvalue weighted by Gasteiger charge is 2.16. The predicted octanol–water partition coefficient (Wildman–Crippen LogP) is 1.78. The summed E-state index contributed by atoms with van der Waals surface area (Å²) in [4.78, 5) is 11.0. The third kappa shape index (κ3) is 2.43. The first kappa shape index (κ1) is 11.2. The summed E-state index contributed by atoms with van der Waals surface area (Å²) in [5, 5.41) is 7.46. The van der Waals surface area contributed by atoms with Gasteiger partial charge in [0.15, 0.2) is 0 Å². The Kier molecular flexibility index (Phi) is 3.59. The summed E-state index contributed by atoms with van der Waals surface area (Å²) in [7, 11) is 1.43. The minimum absolute atomic E-state index is 0.135. The first-order valence-electron chi connectivity index (χ1n) is 5.93. The molecule has 0 radical (unpaired) electrons. The van der Waals surface area contributed by atoms with E-state index in [1.54, 1.807) is 0 Å². The molecule has 1 aromatic heterocycles. The lowest BCUT2D eigenvalue weighted by atomic mass is 9.94. The average Bonchev–Trinajstić information content (AvgIpc) is 2.73. The molecule has 1 aliphatic carbocycles. The maximum Gasteiger partial charge on any atom is 0.305 e. The Hall–Kier alpha value is -1.32. The van der Waals surface area contributed by atoms with Crippen molar-refractivity contribution in [3.05, 3.63) is 17.0 Å². The van der Waals surface area contributed by atoms with Crippen LogP contribution in [0.25, 0.3) is 0 Å². The molecule has 0 aromatic carbocycles. The second-order valence-corrected chi connectivity index (χ2v) is 4.26. The molecule has 4 heteroatoms. The van der Waals surface area contributed by atoms with E-state index in [-0.39, 0.29) is 5.97 Å². The van der Waals surface area contributed by atoms with Crippen LogP contribution in [-0.4, -0.2) is 23.3 Å². The molecule has 0 atom stereocenters. The molecule has 0 amide bonds. The largest absolute Gasteiger partial charge is 0.469 e. The molecular formula is C12H18N2O2. The van der Waals surface area contributed by atoms with Crippen molar-refractivity contribution in [3.63, 3.8) is 0 Å². The van der Waals surface area contributed by atoms with E-state index in [2.05, 4.69) is 14.9 Å². The van der Waals surface area contributed by atoms with Crippen LogP contribution in [0.5, 0.6) is 0 Å². The van der Waals surface area contributed by atoms with Crippen LogP contribution in [0.1, 0.15) is 42.6 Å². The number of aromatic nitrogens is 2. The number of rotatable bonds is 4. The molecule has 0 unspecified atom stereocenters. The van der Waals surface area contributed by atoms with Gasteiger partial charge in [0.05, 0.1) is 12.8 Å². The minimum atomic E-state index is -0.135. The van der Waals surface area contributed by atoms with E-state index < -0.39 is 0 Å². The molecule has 1 aromatic rings. The van der Waals surface area contributed by atoms with Gasteiger partial charge in [-0.15, -0.1) is 0 Å². The highest BCUT2D eigenvalue weighted by atomic mass is 16.5. The van der Waals surface area contributed by atoms with Crippen molar-refractivity contribution in [2.24, 2.45) is 0 Å². The molecule has 0 saturated carbocycles. The van der Waals surface area contributed by atoms with Crippen LogP contribution in [0.4, 0.5) is 0 Å². The topological polar surface area (TPSA) is 55.0 Å². The number of aromatic amines is 1. The molecule has 88 valence electrons. The van der Waals surface area contributed by atoms with E-state index in [9.17, 15) is 4.79 Å². The van der Waals surface area contributed by atoms with Crippen LogP contribution in [0.3, 0.4) is 0 Å². The second kappa shape index (κ2) is 5.14. The van der Waals surface area contributed by atoms with Gasteiger partial charge in [-0.2, -0.15) is 5.10 Å². The lowest BCUT2D eigenvalue weighted by molar-refractivity contribution is -0.140. The number of hydrogen-bond acceptors (Lipinski definition) is 3. The van der Waals surface area contributed by atoms with Crippen molar-refractivity contribution < 1.29 is 9.53 Å². The highest BCUT2D eigenvalue weighted by molar-refractivity contribution is 5.69. The van der Waals surface area contributed by atoms with Crippen molar-refractivity contribution in [2.75, 3.05) is 7.11 Å². The number of aryl methyl sites for hydroxylation is 2. The van der Waals surface area contributed by atoms with E-state index in [1.165, 1.54) is 31.2 Å². The second-order valence-electron chi connectivity index (χ2n) is 4.26. The van der Waals surface area contributed by atoms with Crippen molar-refractivity contribution in [1.82, 2.24) is 10.2 Å². The van der Waals surface area contributed by atoms with Gasteiger partial charge in [-0.05, 0) is 44.1 Å². The predicted molar refractivity (Wildman–Crippen MR) is 60.2 cm³/mol. The van der Waals surface area contributed by atoms with Gasteiger partial charge in [-0.3, -0.25) is 9.89 Å². The summed E-state index contributed by atoms with van der Waals surface area (Å²) in [5.74, 6) is -0.135. The van der Waals surface area contributed by atoms with Gasteiger partial charge in [0.2, 0.25) is 0 Å². The third-order valence-electron chi connectivity index (χ3n) is 3.16. The zero-order valence-electron chi connectivity index (χ0n) is 9.71. The van der Waals surface area contributed by atoms with E-state index in [4.69, 9.17) is 0 Å². The summed E-state index contributed by atoms with van der Waals surface area (Å²) in [6, 6.07) is 0. The van der Waals surface area contributed by atoms with Gasteiger partial charge in [-0.1, -0.05) is 0 Å². The Labute approximate surface area is 95.4 Å². The number of methoxy groups -OCH3 is 1. The number of esters is 1. The number of nitrogens with zero attached hydrogens (tertiary/aromatic N) is 1. The van der Waals surface area contributed by atoms with E-state index in [0.717, 1.165) is 31.4 Å². The smallest absolute Gasteiger partial charge is 0.305 e. The number of carbonyl (C=O) groups excluding carboxylic acids is 1.